The third-order valence-electron chi connectivity index (χ3n) is 5.48. The zero-order chi connectivity index (χ0) is 27.9. The summed E-state index contributed by atoms with van der Waals surface area (Å²) in [5, 5.41) is 2.78. The minimum atomic E-state index is -0.558. The predicted octanol–water partition coefficient (Wildman–Crippen LogP) is 6.76. The van der Waals surface area contributed by atoms with Crippen LogP contribution in [0.5, 0.6) is 17.2 Å². The number of carbonyl (C=O) groups excluding carboxylic acids is 3. The first kappa shape index (κ1) is 28.5. The molecule has 0 unspecified atom stereocenters. The van der Waals surface area contributed by atoms with Crippen LogP contribution in [0.25, 0.3) is 6.08 Å². The van der Waals surface area contributed by atoms with E-state index in [4.69, 9.17) is 25.8 Å². The second-order valence-corrected chi connectivity index (χ2v) is 10.5. The lowest BCUT2D eigenvalue weighted by Gasteiger charge is -2.15. The molecular weight excluding hydrogens is 608 g/mol. The van der Waals surface area contributed by atoms with E-state index in [1.807, 2.05) is 19.1 Å². The second-order valence-electron chi connectivity index (χ2n) is 8.19. The van der Waals surface area contributed by atoms with Gasteiger partial charge in [-0.1, -0.05) is 35.9 Å². The van der Waals surface area contributed by atoms with E-state index in [9.17, 15) is 14.4 Å². The normalized spacial score (nSPS) is 14.1. The van der Waals surface area contributed by atoms with Crippen molar-refractivity contribution in [1.82, 2.24) is 4.90 Å². The molecule has 1 heterocycles. The van der Waals surface area contributed by atoms with Crippen LogP contribution in [0, 0.1) is 0 Å². The molecule has 0 bridgehead atoms. The van der Waals surface area contributed by atoms with Crippen molar-refractivity contribution < 1.29 is 28.6 Å². The average Bonchev–Trinajstić information content (AvgIpc) is 3.16. The van der Waals surface area contributed by atoms with Crippen molar-refractivity contribution in [2.24, 2.45) is 0 Å². The summed E-state index contributed by atoms with van der Waals surface area (Å²) < 4.78 is 17.6. The van der Waals surface area contributed by atoms with Crippen LogP contribution in [0.15, 0.2) is 70.0 Å². The predicted molar refractivity (Wildman–Crippen MR) is 155 cm³/mol. The van der Waals surface area contributed by atoms with Crippen molar-refractivity contribution >= 4 is 68.1 Å². The summed E-state index contributed by atoms with van der Waals surface area (Å²) in [5.41, 5.74) is 1.99. The number of methoxy groups -OCH3 is 1. The van der Waals surface area contributed by atoms with Gasteiger partial charge in [-0.2, -0.15) is 0 Å². The Bertz CT molecular complexity index is 1430. The summed E-state index contributed by atoms with van der Waals surface area (Å²) in [6.45, 7) is 2.12. The number of benzene rings is 3. The molecule has 0 spiro atoms. The van der Waals surface area contributed by atoms with Crippen LogP contribution in [-0.2, 0) is 16.2 Å². The average molecular weight is 632 g/mol. The van der Waals surface area contributed by atoms with Crippen LogP contribution in [0.4, 0.5) is 10.5 Å². The molecule has 0 aliphatic carbocycles. The number of hydrogen-bond acceptors (Lipinski definition) is 7. The largest absolute Gasteiger partial charge is 0.495 e. The van der Waals surface area contributed by atoms with E-state index >= 15 is 0 Å². The van der Waals surface area contributed by atoms with Crippen molar-refractivity contribution in [2.45, 2.75) is 13.5 Å². The number of imide groups is 1. The highest BCUT2D eigenvalue weighted by atomic mass is 79.9. The molecule has 1 aliphatic rings. The van der Waals surface area contributed by atoms with Crippen molar-refractivity contribution in [3.63, 3.8) is 0 Å². The zero-order valence-corrected chi connectivity index (χ0v) is 24.2. The number of anilines is 1. The fourth-order valence-corrected chi connectivity index (χ4v) is 5.22. The minimum Gasteiger partial charge on any atom is -0.495 e. The molecule has 0 aromatic heterocycles. The van der Waals surface area contributed by atoms with Gasteiger partial charge in [0.05, 0.1) is 28.8 Å². The molecule has 4 rings (SSSR count). The summed E-state index contributed by atoms with van der Waals surface area (Å²) >= 11 is 10.3. The Hall–Kier alpha value is -3.47. The Balaban J connectivity index is 1.49. The smallest absolute Gasteiger partial charge is 0.294 e. The van der Waals surface area contributed by atoms with Gasteiger partial charge in [0, 0.05) is 5.02 Å². The van der Waals surface area contributed by atoms with Crippen LogP contribution in [0.1, 0.15) is 18.1 Å². The van der Waals surface area contributed by atoms with Gasteiger partial charge in [-0.25, -0.2) is 0 Å². The topological polar surface area (TPSA) is 94.2 Å². The van der Waals surface area contributed by atoms with E-state index in [1.54, 1.807) is 54.6 Å². The first-order valence-electron chi connectivity index (χ1n) is 11.8. The molecule has 202 valence electrons. The first-order chi connectivity index (χ1) is 18.8. The molecule has 0 atom stereocenters. The minimum absolute atomic E-state index is 0.189. The third-order valence-corrected chi connectivity index (χ3v) is 7.23. The molecule has 1 fully saturated rings. The molecule has 11 heteroatoms. The van der Waals surface area contributed by atoms with Gasteiger partial charge in [0.2, 0.25) is 5.91 Å². The van der Waals surface area contributed by atoms with E-state index < -0.39 is 23.6 Å². The molecule has 3 aromatic rings. The maximum absolute atomic E-state index is 13.0. The first-order valence-corrected chi connectivity index (χ1v) is 13.8. The van der Waals surface area contributed by atoms with E-state index in [-0.39, 0.29) is 4.91 Å². The third kappa shape index (κ3) is 7.14. The van der Waals surface area contributed by atoms with Gasteiger partial charge in [-0.05, 0) is 88.2 Å². The Morgan fingerprint density at radius 3 is 2.54 bits per heavy atom. The summed E-state index contributed by atoms with van der Waals surface area (Å²) in [7, 11) is 1.49. The van der Waals surface area contributed by atoms with Crippen molar-refractivity contribution in [1.29, 1.82) is 0 Å². The van der Waals surface area contributed by atoms with Gasteiger partial charge in [0.1, 0.15) is 18.9 Å². The highest BCUT2D eigenvalue weighted by Crippen LogP contribution is 2.40. The number of nitrogens with one attached hydrogen (secondary N) is 1. The maximum Gasteiger partial charge on any atom is 0.294 e. The van der Waals surface area contributed by atoms with Gasteiger partial charge in [0.25, 0.3) is 11.1 Å². The van der Waals surface area contributed by atoms with Crippen molar-refractivity contribution in [2.75, 3.05) is 25.6 Å². The number of hydrogen-bond donors (Lipinski definition) is 1. The monoisotopic (exact) mass is 630 g/mol. The Morgan fingerprint density at radius 2 is 1.82 bits per heavy atom. The fraction of sp³-hybridized carbons (Fsp3) is 0.179. The maximum atomic E-state index is 13.0. The molecular formula is C28H24BrClN2O6S. The summed E-state index contributed by atoms with van der Waals surface area (Å²) in [5.74, 6) is 0.368. The van der Waals surface area contributed by atoms with E-state index in [2.05, 4.69) is 21.2 Å². The van der Waals surface area contributed by atoms with Gasteiger partial charge >= 0.3 is 0 Å². The molecule has 0 saturated carbocycles. The van der Waals surface area contributed by atoms with Gasteiger partial charge in [-0.15, -0.1) is 0 Å². The zero-order valence-electron chi connectivity index (χ0n) is 21.0. The molecule has 0 radical (unpaired) electrons. The van der Waals surface area contributed by atoms with E-state index in [0.29, 0.717) is 51.2 Å². The molecule has 8 nitrogen and oxygen atoms in total. The van der Waals surface area contributed by atoms with E-state index in [1.165, 1.54) is 7.11 Å². The van der Waals surface area contributed by atoms with Gasteiger partial charge < -0.3 is 19.5 Å². The van der Waals surface area contributed by atoms with Crippen molar-refractivity contribution in [3.05, 3.63) is 86.2 Å². The molecule has 1 aliphatic heterocycles. The number of nitrogens with zero attached hydrogens (tertiary/aromatic N) is 1. The molecule has 1 saturated heterocycles. The molecule has 3 aromatic carbocycles. The lowest BCUT2D eigenvalue weighted by atomic mass is 10.1. The fourth-order valence-electron chi connectivity index (χ4n) is 3.68. The number of rotatable bonds is 10. The number of carbonyl (C=O) groups is 3. The van der Waals surface area contributed by atoms with Crippen molar-refractivity contribution in [3.8, 4) is 17.2 Å². The summed E-state index contributed by atoms with van der Waals surface area (Å²) in [6.07, 6.45) is 1.58. The standard InChI is InChI=1S/C28H24BrClN2O6S/c1-3-37-23-13-18(12-20(29)26(23)38-16-17-8-10-19(30)11-9-17)14-24-27(34)32(28(35)39-24)15-25(33)31-21-6-4-5-7-22(21)36-2/h4-14H,3,15-16H2,1-2H3,(H,31,33)/b24-14+. The van der Waals surface area contributed by atoms with Crippen LogP contribution in [-0.4, -0.2) is 42.2 Å². The molecule has 1 N–H and O–H groups in total. The highest BCUT2D eigenvalue weighted by molar-refractivity contribution is 9.10. The van der Waals surface area contributed by atoms with Gasteiger partial charge in [-0.3, -0.25) is 19.3 Å². The second kappa shape index (κ2) is 13.1. The number of thioether (sulfide) groups is 1. The number of ether oxygens (including phenoxy) is 3. The molecule has 39 heavy (non-hydrogen) atoms. The van der Waals surface area contributed by atoms with Crippen LogP contribution >= 0.6 is 39.3 Å². The number of halogens is 2. The quantitative estimate of drug-likeness (QED) is 0.247. The SMILES string of the molecule is CCOc1cc(/C=C2/SC(=O)N(CC(=O)Nc3ccccc3OC)C2=O)cc(Br)c1OCc1ccc(Cl)cc1. The van der Waals surface area contributed by atoms with Gasteiger partial charge in [0.15, 0.2) is 11.5 Å². The number of para-hydroxylation sites is 2. The summed E-state index contributed by atoms with van der Waals surface area (Å²) in [4.78, 5) is 39.3. The van der Waals surface area contributed by atoms with Crippen LogP contribution in [0.3, 0.4) is 0 Å². The van der Waals surface area contributed by atoms with Crippen LogP contribution in [0.2, 0.25) is 5.02 Å². The Labute approximate surface area is 243 Å². The van der Waals surface area contributed by atoms with Crippen LogP contribution < -0.4 is 19.5 Å². The Morgan fingerprint density at radius 1 is 1.08 bits per heavy atom. The lowest BCUT2D eigenvalue weighted by molar-refractivity contribution is -0.127. The summed E-state index contributed by atoms with van der Waals surface area (Å²) in [6, 6.07) is 17.7. The Kier molecular flexibility index (Phi) is 9.55. The van der Waals surface area contributed by atoms with E-state index in [0.717, 1.165) is 22.2 Å². The number of amides is 3. The molecule has 3 amide bonds. The highest BCUT2D eigenvalue weighted by Gasteiger charge is 2.36. The lowest BCUT2D eigenvalue weighted by Crippen LogP contribution is -2.36.